The van der Waals surface area contributed by atoms with Gasteiger partial charge >= 0.3 is 166 Å². The van der Waals surface area contributed by atoms with Gasteiger partial charge in [-0.25, -0.2) is 0 Å². The second-order valence-electron chi connectivity index (χ2n) is 8.19. The maximum absolute atomic E-state index is 10.7. The first kappa shape index (κ1) is 21.2. The van der Waals surface area contributed by atoms with Gasteiger partial charge in [-0.3, -0.25) is 0 Å². The molecule has 2 radical (unpaired) electrons. The van der Waals surface area contributed by atoms with Gasteiger partial charge in [0.25, 0.3) is 0 Å². The summed E-state index contributed by atoms with van der Waals surface area (Å²) < 4.78 is 1.93. The fraction of sp³-hybridized carbons (Fsp3) is 0.773. The number of rotatable bonds is 11. The van der Waals surface area contributed by atoms with Gasteiger partial charge in [0.2, 0.25) is 0 Å². The zero-order chi connectivity index (χ0) is 18.3. The molecule has 2 nitrogen and oxygen atoms in total. The van der Waals surface area contributed by atoms with E-state index in [1.54, 1.807) is 0 Å². The van der Waals surface area contributed by atoms with Crippen molar-refractivity contribution in [3.05, 3.63) is 23.4 Å². The Balaban J connectivity index is 2.24. The van der Waals surface area contributed by atoms with Gasteiger partial charge in [-0.2, -0.15) is 0 Å². The van der Waals surface area contributed by atoms with Crippen LogP contribution < -0.4 is 3.71 Å². The number of aliphatic hydroxyl groups is 1. The van der Waals surface area contributed by atoms with Gasteiger partial charge in [-0.15, -0.1) is 0 Å². The van der Waals surface area contributed by atoms with Gasteiger partial charge < -0.3 is 0 Å². The Hall–Kier alpha value is -0.0913. The van der Waals surface area contributed by atoms with Crippen molar-refractivity contribution in [2.24, 2.45) is 0 Å². The standard InChI is InChI=1S/C13H27.C9H10NO.Sn/c1-4-7-10-13(11-8-5-2)12-9-6-3;1-9(11)5-4-7-3-2-6-10-8(7)9;/h4-12H2,1-3H3;2-3,11H,4-5H2,1H3;. The van der Waals surface area contributed by atoms with Crippen molar-refractivity contribution in [1.29, 1.82) is 0 Å². The molecule has 0 aromatic carbocycles. The Morgan fingerprint density at radius 1 is 1.04 bits per heavy atom. The maximum atomic E-state index is 10.7. The van der Waals surface area contributed by atoms with E-state index in [4.69, 9.17) is 4.98 Å². The Morgan fingerprint density at radius 2 is 1.60 bits per heavy atom. The molecule has 140 valence electrons. The minimum atomic E-state index is -0.799. The normalized spacial score (nSPS) is 20.0. The Labute approximate surface area is 165 Å². The number of fused-ring (bicyclic) bond motifs is 1. The Kier molecular flexibility index (Phi) is 8.26. The number of hydrogen-bond donors (Lipinski definition) is 1. The molecular formula is C22H37NOSn. The SMILES string of the molecule is CCCC[C](CCCC)(CCCC)[Sn][c]1ccc2c(n1)C(C)(O)CC2. The molecular weight excluding hydrogens is 413 g/mol. The summed E-state index contributed by atoms with van der Waals surface area (Å²) in [5.74, 6) is 0. The van der Waals surface area contributed by atoms with Crippen molar-refractivity contribution in [3.63, 3.8) is 0 Å². The number of aryl methyl sites for hydroxylation is 1. The summed E-state index contributed by atoms with van der Waals surface area (Å²) in [5.41, 5.74) is 1.56. The first-order chi connectivity index (χ1) is 12.0. The number of aromatic nitrogens is 1. The molecule has 1 N–H and O–H groups in total. The van der Waals surface area contributed by atoms with Gasteiger partial charge in [0.1, 0.15) is 0 Å². The molecule has 0 aliphatic heterocycles. The zero-order valence-electron chi connectivity index (χ0n) is 16.8. The minimum absolute atomic E-state index is 0.567. The molecule has 0 fully saturated rings. The third kappa shape index (κ3) is 5.69. The molecule has 0 saturated carbocycles. The summed E-state index contributed by atoms with van der Waals surface area (Å²) >= 11 is -0.799. The molecule has 0 saturated heterocycles. The van der Waals surface area contributed by atoms with E-state index in [1.807, 2.05) is 6.92 Å². The van der Waals surface area contributed by atoms with Crippen molar-refractivity contribution in [2.75, 3.05) is 0 Å². The van der Waals surface area contributed by atoms with E-state index in [0.29, 0.717) is 3.43 Å². The van der Waals surface area contributed by atoms with Crippen molar-refractivity contribution < 1.29 is 5.11 Å². The molecule has 1 heterocycles. The summed E-state index contributed by atoms with van der Waals surface area (Å²) in [7, 11) is 0. The van der Waals surface area contributed by atoms with Crippen molar-refractivity contribution in [1.82, 2.24) is 4.98 Å². The van der Waals surface area contributed by atoms with Crippen LogP contribution in [0.15, 0.2) is 12.1 Å². The van der Waals surface area contributed by atoms with Crippen LogP contribution in [-0.2, 0) is 12.0 Å². The third-order valence-electron chi connectivity index (χ3n) is 5.79. The van der Waals surface area contributed by atoms with E-state index in [0.717, 1.165) is 18.5 Å². The van der Waals surface area contributed by atoms with Gasteiger partial charge in [-0.1, -0.05) is 0 Å². The van der Waals surface area contributed by atoms with E-state index in [9.17, 15) is 5.11 Å². The molecule has 1 aromatic rings. The predicted molar refractivity (Wildman–Crippen MR) is 109 cm³/mol. The van der Waals surface area contributed by atoms with Crippen molar-refractivity contribution >= 4 is 24.9 Å². The van der Waals surface area contributed by atoms with Gasteiger partial charge in [-0.05, 0) is 0 Å². The van der Waals surface area contributed by atoms with Crippen LogP contribution in [0, 0.1) is 0 Å². The number of hydrogen-bond acceptors (Lipinski definition) is 2. The molecule has 1 aliphatic carbocycles. The molecule has 2 rings (SSSR count). The number of pyridine rings is 1. The van der Waals surface area contributed by atoms with Crippen LogP contribution in [0.25, 0.3) is 0 Å². The number of nitrogens with zero attached hydrogens (tertiary/aromatic N) is 1. The summed E-state index contributed by atoms with van der Waals surface area (Å²) in [6.45, 7) is 8.90. The molecule has 3 heteroatoms. The predicted octanol–water partition coefficient (Wildman–Crippen LogP) is 5.29. The third-order valence-corrected chi connectivity index (χ3v) is 11.0. The zero-order valence-corrected chi connectivity index (χ0v) is 19.7. The summed E-state index contributed by atoms with van der Waals surface area (Å²) in [5, 5.41) is 10.7. The quantitative estimate of drug-likeness (QED) is 0.465. The summed E-state index contributed by atoms with van der Waals surface area (Å²) in [6, 6.07) is 4.58. The van der Waals surface area contributed by atoms with Crippen LogP contribution in [0.4, 0.5) is 0 Å². The van der Waals surface area contributed by atoms with Crippen LogP contribution in [0.1, 0.15) is 103 Å². The Bertz CT molecular complexity index is 519. The molecule has 1 aromatic heterocycles. The first-order valence-corrected chi connectivity index (χ1v) is 13.3. The summed E-state index contributed by atoms with van der Waals surface area (Å²) in [4.78, 5) is 5.04. The van der Waals surface area contributed by atoms with E-state index < -0.39 is 26.7 Å². The Morgan fingerprint density at radius 3 is 2.12 bits per heavy atom. The topological polar surface area (TPSA) is 33.1 Å². The van der Waals surface area contributed by atoms with E-state index in [1.165, 1.54) is 67.1 Å². The monoisotopic (exact) mass is 451 g/mol. The van der Waals surface area contributed by atoms with E-state index >= 15 is 0 Å². The van der Waals surface area contributed by atoms with Crippen LogP contribution in [0.3, 0.4) is 0 Å². The van der Waals surface area contributed by atoms with E-state index in [-0.39, 0.29) is 0 Å². The average Bonchev–Trinajstić information content (AvgIpc) is 2.91. The molecule has 25 heavy (non-hydrogen) atoms. The van der Waals surface area contributed by atoms with Gasteiger partial charge in [0.05, 0.1) is 0 Å². The number of unbranched alkanes of at least 4 members (excludes halogenated alkanes) is 3. The fourth-order valence-electron chi connectivity index (χ4n) is 4.10. The fourth-order valence-corrected chi connectivity index (χ4v) is 9.19. The van der Waals surface area contributed by atoms with Crippen LogP contribution in [0.2, 0.25) is 3.43 Å². The van der Waals surface area contributed by atoms with Crippen LogP contribution in [-0.4, -0.2) is 31.2 Å². The molecule has 1 aliphatic rings. The van der Waals surface area contributed by atoms with E-state index in [2.05, 4.69) is 32.9 Å². The summed E-state index contributed by atoms with van der Waals surface area (Å²) in [6.07, 6.45) is 14.0. The average molecular weight is 450 g/mol. The molecule has 0 spiro atoms. The van der Waals surface area contributed by atoms with Gasteiger partial charge in [0, 0.05) is 0 Å². The second kappa shape index (κ2) is 9.73. The van der Waals surface area contributed by atoms with Crippen LogP contribution in [0.5, 0.6) is 0 Å². The van der Waals surface area contributed by atoms with Gasteiger partial charge in [0.15, 0.2) is 0 Å². The molecule has 1 atom stereocenters. The first-order valence-electron chi connectivity index (χ1n) is 10.5. The molecule has 0 amide bonds. The van der Waals surface area contributed by atoms with Crippen LogP contribution >= 0.6 is 0 Å². The van der Waals surface area contributed by atoms with Crippen molar-refractivity contribution in [2.45, 2.75) is 107 Å². The second-order valence-corrected chi connectivity index (χ2v) is 13.4. The van der Waals surface area contributed by atoms with Crippen molar-refractivity contribution in [3.8, 4) is 0 Å². The molecule has 1 unspecified atom stereocenters. The molecule has 0 bridgehead atoms.